The zero-order valence-electron chi connectivity index (χ0n) is 18.6. The number of hydrogen-bond acceptors (Lipinski definition) is 5. The van der Waals surface area contributed by atoms with E-state index < -0.39 is 0 Å². The normalized spacial score (nSPS) is 21.8. The molecule has 31 heavy (non-hydrogen) atoms. The average molecular weight is 421 g/mol. The van der Waals surface area contributed by atoms with Crippen LogP contribution >= 0.6 is 0 Å². The largest absolute Gasteiger partial charge is 0.497 e. The van der Waals surface area contributed by atoms with Crippen molar-refractivity contribution in [3.63, 3.8) is 0 Å². The maximum atomic E-state index is 13.7. The summed E-state index contributed by atoms with van der Waals surface area (Å²) in [5.41, 5.74) is 4.41. The van der Waals surface area contributed by atoms with E-state index in [4.69, 9.17) is 9.47 Å². The van der Waals surface area contributed by atoms with Gasteiger partial charge in [-0.2, -0.15) is 0 Å². The van der Waals surface area contributed by atoms with Crippen LogP contribution in [0.3, 0.4) is 0 Å². The Hall–Kier alpha value is -3.12. The van der Waals surface area contributed by atoms with Crippen LogP contribution in [0.1, 0.15) is 30.5 Å². The van der Waals surface area contributed by atoms with Crippen LogP contribution in [0.5, 0.6) is 5.75 Å². The molecule has 0 N–H and O–H groups in total. The van der Waals surface area contributed by atoms with Gasteiger partial charge >= 0.3 is 0 Å². The number of benzene rings is 2. The van der Waals surface area contributed by atoms with Crippen LogP contribution in [0.4, 0.5) is 5.69 Å². The average Bonchev–Trinajstić information content (AvgIpc) is 2.99. The first-order valence-corrected chi connectivity index (χ1v) is 10.5. The summed E-state index contributed by atoms with van der Waals surface area (Å²) in [6.45, 7) is 9.14. The van der Waals surface area contributed by atoms with Gasteiger partial charge in [0.15, 0.2) is 0 Å². The number of rotatable bonds is 4. The minimum atomic E-state index is -0.305. The Labute approximate surface area is 183 Å². The Morgan fingerprint density at radius 1 is 0.903 bits per heavy atom. The lowest BCUT2D eigenvalue weighted by atomic mass is 9.99. The van der Waals surface area contributed by atoms with E-state index in [1.54, 1.807) is 31.4 Å². The first kappa shape index (κ1) is 21.1. The number of ether oxygens (including phenoxy) is 2. The second-order valence-electron chi connectivity index (χ2n) is 8.33. The molecule has 2 aromatic rings. The van der Waals surface area contributed by atoms with Gasteiger partial charge in [0.25, 0.3) is 11.8 Å². The Kier molecular flexibility index (Phi) is 5.58. The van der Waals surface area contributed by atoms with Crippen LogP contribution in [0.25, 0.3) is 5.57 Å². The van der Waals surface area contributed by atoms with Crippen LogP contribution in [0, 0.1) is 13.8 Å². The Morgan fingerprint density at radius 2 is 1.55 bits per heavy atom. The molecular weight excluding hydrogens is 392 g/mol. The van der Waals surface area contributed by atoms with Gasteiger partial charge in [-0.3, -0.25) is 9.59 Å². The number of methoxy groups -OCH3 is 1. The number of amides is 2. The molecule has 6 nitrogen and oxygen atoms in total. The highest BCUT2D eigenvalue weighted by Crippen LogP contribution is 2.36. The molecule has 2 amide bonds. The van der Waals surface area contributed by atoms with Crippen molar-refractivity contribution < 1.29 is 19.1 Å². The minimum absolute atomic E-state index is 0.0322. The van der Waals surface area contributed by atoms with Crippen molar-refractivity contribution >= 4 is 23.1 Å². The summed E-state index contributed by atoms with van der Waals surface area (Å²) >= 11 is 0. The van der Waals surface area contributed by atoms with Crippen LogP contribution in [-0.2, 0) is 14.3 Å². The van der Waals surface area contributed by atoms with Gasteiger partial charge in [0.2, 0.25) is 0 Å². The molecule has 0 radical (unpaired) electrons. The van der Waals surface area contributed by atoms with E-state index in [1.807, 2.05) is 50.8 Å². The predicted octanol–water partition coefficient (Wildman–Crippen LogP) is 3.71. The molecule has 1 saturated heterocycles. The number of hydrogen-bond donors (Lipinski definition) is 0. The maximum absolute atomic E-state index is 13.7. The van der Waals surface area contributed by atoms with Gasteiger partial charge in [-0.1, -0.05) is 18.2 Å². The van der Waals surface area contributed by atoms with Gasteiger partial charge in [0, 0.05) is 13.1 Å². The first-order chi connectivity index (χ1) is 14.8. The van der Waals surface area contributed by atoms with Crippen molar-refractivity contribution in [1.82, 2.24) is 4.90 Å². The fraction of sp³-hybridized carbons (Fsp3) is 0.360. The summed E-state index contributed by atoms with van der Waals surface area (Å²) in [4.78, 5) is 30.6. The third-order valence-corrected chi connectivity index (χ3v) is 5.92. The molecule has 162 valence electrons. The number of carbonyl (C=O) groups is 2. The van der Waals surface area contributed by atoms with Crippen LogP contribution in [0.15, 0.2) is 48.2 Å². The summed E-state index contributed by atoms with van der Waals surface area (Å²) < 4.78 is 11.1. The topological polar surface area (TPSA) is 59.1 Å². The number of carbonyl (C=O) groups excluding carboxylic acids is 2. The minimum Gasteiger partial charge on any atom is -0.497 e. The van der Waals surface area contributed by atoms with Gasteiger partial charge in [0.05, 0.1) is 30.6 Å². The summed E-state index contributed by atoms with van der Waals surface area (Å²) in [6, 6.07) is 12.9. The number of imide groups is 1. The van der Waals surface area contributed by atoms with Crippen molar-refractivity contribution in [2.75, 3.05) is 25.1 Å². The molecular formula is C25H28N2O4. The Bertz CT molecular complexity index is 1050. The van der Waals surface area contributed by atoms with E-state index >= 15 is 0 Å². The molecule has 0 aromatic heterocycles. The third kappa shape index (κ3) is 3.83. The van der Waals surface area contributed by atoms with Gasteiger partial charge in [0.1, 0.15) is 11.4 Å². The molecule has 0 saturated carbocycles. The molecule has 6 heteroatoms. The maximum Gasteiger partial charge on any atom is 0.282 e. The molecule has 0 spiro atoms. The highest BCUT2D eigenvalue weighted by atomic mass is 16.5. The number of morpholine rings is 1. The molecule has 0 aliphatic carbocycles. The van der Waals surface area contributed by atoms with Crippen molar-refractivity contribution in [3.8, 4) is 5.75 Å². The first-order valence-electron chi connectivity index (χ1n) is 10.5. The monoisotopic (exact) mass is 420 g/mol. The summed E-state index contributed by atoms with van der Waals surface area (Å²) in [7, 11) is 1.58. The van der Waals surface area contributed by atoms with Gasteiger partial charge < -0.3 is 14.4 Å². The lowest BCUT2D eigenvalue weighted by Gasteiger charge is -2.37. The lowest BCUT2D eigenvalue weighted by molar-refractivity contribution is -0.121. The zero-order valence-corrected chi connectivity index (χ0v) is 18.6. The Balaban J connectivity index is 1.83. The smallest absolute Gasteiger partial charge is 0.282 e. The fourth-order valence-corrected chi connectivity index (χ4v) is 4.29. The predicted molar refractivity (Wildman–Crippen MR) is 120 cm³/mol. The van der Waals surface area contributed by atoms with Crippen LogP contribution < -0.4 is 9.64 Å². The number of aryl methyl sites for hydroxylation is 2. The molecule has 2 atom stereocenters. The van der Waals surface area contributed by atoms with Crippen LogP contribution in [-0.4, -0.2) is 49.1 Å². The summed E-state index contributed by atoms with van der Waals surface area (Å²) in [6.07, 6.45) is -0.0645. The van der Waals surface area contributed by atoms with Gasteiger partial charge in [-0.15, -0.1) is 0 Å². The van der Waals surface area contributed by atoms with Gasteiger partial charge in [-0.05, 0) is 68.7 Å². The molecule has 2 heterocycles. The summed E-state index contributed by atoms with van der Waals surface area (Å²) in [5.74, 6) is 0.0613. The molecule has 2 aromatic carbocycles. The second-order valence-corrected chi connectivity index (χ2v) is 8.33. The van der Waals surface area contributed by atoms with E-state index in [0.717, 1.165) is 16.7 Å². The van der Waals surface area contributed by atoms with Crippen molar-refractivity contribution in [3.05, 3.63) is 64.9 Å². The molecule has 0 bridgehead atoms. The second kappa shape index (κ2) is 8.19. The molecule has 1 fully saturated rings. The van der Waals surface area contributed by atoms with Crippen molar-refractivity contribution in [2.24, 2.45) is 0 Å². The molecule has 2 unspecified atom stereocenters. The number of anilines is 1. The van der Waals surface area contributed by atoms with E-state index in [9.17, 15) is 9.59 Å². The fourth-order valence-electron chi connectivity index (χ4n) is 4.29. The quantitative estimate of drug-likeness (QED) is 0.706. The summed E-state index contributed by atoms with van der Waals surface area (Å²) in [5, 5.41) is 0. The van der Waals surface area contributed by atoms with E-state index in [-0.39, 0.29) is 24.0 Å². The van der Waals surface area contributed by atoms with Crippen LogP contribution in [0.2, 0.25) is 0 Å². The Morgan fingerprint density at radius 3 is 2.13 bits per heavy atom. The van der Waals surface area contributed by atoms with Crippen molar-refractivity contribution in [1.29, 1.82) is 0 Å². The highest BCUT2D eigenvalue weighted by Gasteiger charge is 2.43. The van der Waals surface area contributed by atoms with E-state index in [2.05, 4.69) is 0 Å². The molecule has 2 aliphatic heterocycles. The number of nitrogens with zero attached hydrogens (tertiary/aromatic N) is 2. The van der Waals surface area contributed by atoms with E-state index in [0.29, 0.717) is 35.8 Å². The molecule has 2 aliphatic rings. The van der Waals surface area contributed by atoms with Gasteiger partial charge in [-0.25, -0.2) is 4.90 Å². The lowest BCUT2D eigenvalue weighted by Crippen LogP contribution is -2.47. The SMILES string of the molecule is COc1ccc(N2C(=O)C(c3ccc(C)c(C)c3)=C(N3CC(C)OC(C)C3)C2=O)cc1. The molecule has 4 rings (SSSR count). The van der Waals surface area contributed by atoms with Crippen molar-refractivity contribution in [2.45, 2.75) is 39.9 Å². The zero-order chi connectivity index (χ0) is 22.3. The van der Waals surface area contributed by atoms with E-state index in [1.165, 1.54) is 4.90 Å². The third-order valence-electron chi connectivity index (χ3n) is 5.92. The standard InChI is InChI=1S/C25H28N2O4/c1-15-6-7-19(12-16(15)2)22-23(26-13-17(3)31-18(4)14-26)25(29)27(24(22)28)20-8-10-21(30-5)11-9-20/h6-12,17-18H,13-14H2,1-5H3. The highest BCUT2D eigenvalue weighted by molar-refractivity contribution is 6.45.